The third-order valence-corrected chi connectivity index (χ3v) is 5.03. The molecule has 0 bridgehead atoms. The van der Waals surface area contributed by atoms with Gasteiger partial charge in [-0.3, -0.25) is 4.79 Å². The van der Waals surface area contributed by atoms with Crippen LogP contribution in [0.1, 0.15) is 32.4 Å². The van der Waals surface area contributed by atoms with Crippen LogP contribution in [0.3, 0.4) is 0 Å². The minimum Gasteiger partial charge on any atom is -0.327 e. The lowest BCUT2D eigenvalue weighted by Gasteiger charge is -2.36. The van der Waals surface area contributed by atoms with Gasteiger partial charge in [-0.1, -0.05) is 25.6 Å². The van der Waals surface area contributed by atoms with E-state index in [0.29, 0.717) is 22.2 Å². The van der Waals surface area contributed by atoms with E-state index >= 15 is 0 Å². The van der Waals surface area contributed by atoms with E-state index in [9.17, 15) is 4.79 Å². The number of aryl methyl sites for hydroxylation is 1. The van der Waals surface area contributed by atoms with E-state index in [2.05, 4.69) is 23.8 Å². The second kappa shape index (κ2) is 5.45. The molecule has 1 aliphatic carbocycles. The van der Waals surface area contributed by atoms with Gasteiger partial charge in [0.25, 0.3) is 5.56 Å². The van der Waals surface area contributed by atoms with Gasteiger partial charge in [-0.15, -0.1) is 0 Å². The predicted octanol–water partition coefficient (Wildman–Crippen LogP) is 1.93. The number of H-pyrrole nitrogens is 1. The molecule has 1 heterocycles. The Hall–Kier alpha value is -0.810. The van der Waals surface area contributed by atoms with Crippen LogP contribution in [-0.2, 0) is 0 Å². The van der Waals surface area contributed by atoms with E-state index in [4.69, 9.17) is 5.73 Å². The maximum absolute atomic E-state index is 11.4. The van der Waals surface area contributed by atoms with Crippen molar-refractivity contribution in [1.82, 2.24) is 9.97 Å². The monoisotopic (exact) mass is 267 g/mol. The minimum absolute atomic E-state index is 0.0876. The molecule has 0 spiro atoms. The van der Waals surface area contributed by atoms with Crippen molar-refractivity contribution in [2.75, 3.05) is 0 Å². The van der Waals surface area contributed by atoms with Crippen molar-refractivity contribution in [3.05, 3.63) is 22.1 Å². The second-order valence-corrected chi connectivity index (χ2v) is 6.66. The molecule has 1 saturated carbocycles. The first-order valence-electron chi connectivity index (χ1n) is 6.46. The molecule has 100 valence electrons. The van der Waals surface area contributed by atoms with Crippen molar-refractivity contribution in [1.29, 1.82) is 0 Å². The zero-order valence-corrected chi connectivity index (χ0v) is 12.0. The second-order valence-electron chi connectivity index (χ2n) is 5.49. The molecule has 4 unspecified atom stereocenters. The first-order valence-corrected chi connectivity index (χ1v) is 7.34. The van der Waals surface area contributed by atoms with Crippen molar-refractivity contribution in [3.63, 3.8) is 0 Å². The summed E-state index contributed by atoms with van der Waals surface area (Å²) >= 11 is 1.62. The van der Waals surface area contributed by atoms with Crippen LogP contribution in [0.5, 0.6) is 0 Å². The zero-order chi connectivity index (χ0) is 13.3. The molecule has 1 aromatic heterocycles. The van der Waals surface area contributed by atoms with Crippen LogP contribution < -0.4 is 11.3 Å². The van der Waals surface area contributed by atoms with Gasteiger partial charge in [0, 0.05) is 23.1 Å². The highest BCUT2D eigenvalue weighted by molar-refractivity contribution is 7.99. The van der Waals surface area contributed by atoms with Crippen LogP contribution in [0.25, 0.3) is 0 Å². The number of nitrogens with one attached hydrogen (secondary N) is 1. The fraction of sp³-hybridized carbons (Fsp3) is 0.692. The normalized spacial score (nSPS) is 32.4. The van der Waals surface area contributed by atoms with Crippen molar-refractivity contribution in [2.24, 2.45) is 17.6 Å². The fourth-order valence-electron chi connectivity index (χ4n) is 2.83. The molecule has 0 radical (unpaired) electrons. The molecule has 4 atom stereocenters. The van der Waals surface area contributed by atoms with Gasteiger partial charge in [0.05, 0.1) is 0 Å². The number of thioether (sulfide) groups is 1. The van der Waals surface area contributed by atoms with Crippen LogP contribution in [0.2, 0.25) is 0 Å². The Morgan fingerprint density at radius 3 is 2.78 bits per heavy atom. The molecule has 0 aromatic carbocycles. The van der Waals surface area contributed by atoms with E-state index in [1.54, 1.807) is 11.8 Å². The van der Waals surface area contributed by atoms with Crippen LogP contribution in [0, 0.1) is 18.8 Å². The molecule has 2 rings (SSSR count). The smallest absolute Gasteiger partial charge is 0.251 e. The van der Waals surface area contributed by atoms with Gasteiger partial charge in [-0.05, 0) is 31.6 Å². The molecule has 1 aromatic rings. The van der Waals surface area contributed by atoms with Gasteiger partial charge in [0.15, 0.2) is 5.16 Å². The molecular formula is C13H21N3OS. The average Bonchev–Trinajstić information content (AvgIpc) is 2.22. The van der Waals surface area contributed by atoms with Gasteiger partial charge in [-0.2, -0.15) is 0 Å². The Kier molecular flexibility index (Phi) is 4.12. The largest absolute Gasteiger partial charge is 0.327 e. The highest BCUT2D eigenvalue weighted by Gasteiger charge is 2.32. The first kappa shape index (κ1) is 13.6. The van der Waals surface area contributed by atoms with Crippen LogP contribution >= 0.6 is 11.8 Å². The lowest BCUT2D eigenvalue weighted by atomic mass is 9.80. The summed E-state index contributed by atoms with van der Waals surface area (Å²) in [6.45, 7) is 6.33. The average molecular weight is 267 g/mol. The summed E-state index contributed by atoms with van der Waals surface area (Å²) in [6.07, 6.45) is 2.25. The number of aromatic nitrogens is 2. The van der Waals surface area contributed by atoms with Crippen LogP contribution in [-0.4, -0.2) is 21.3 Å². The molecule has 3 N–H and O–H groups in total. The van der Waals surface area contributed by atoms with E-state index < -0.39 is 0 Å². The Morgan fingerprint density at radius 1 is 1.44 bits per heavy atom. The standard InChI is InChI=1S/C13H21N3OS/c1-7-4-8(2)12(10(14)5-7)18-13-15-9(3)6-11(17)16-13/h6-8,10,12H,4-5,14H2,1-3H3,(H,15,16,17). The van der Waals surface area contributed by atoms with Crippen molar-refractivity contribution in [2.45, 2.75) is 50.1 Å². The molecule has 1 aliphatic rings. The van der Waals surface area contributed by atoms with Crippen molar-refractivity contribution >= 4 is 11.8 Å². The van der Waals surface area contributed by atoms with Crippen molar-refractivity contribution in [3.8, 4) is 0 Å². The number of hydrogen-bond donors (Lipinski definition) is 2. The van der Waals surface area contributed by atoms with E-state index in [-0.39, 0.29) is 11.6 Å². The first-order chi connectivity index (χ1) is 8.45. The van der Waals surface area contributed by atoms with E-state index in [1.165, 1.54) is 12.5 Å². The van der Waals surface area contributed by atoms with Crippen LogP contribution in [0.4, 0.5) is 0 Å². The molecule has 0 saturated heterocycles. The Labute approximate surface area is 112 Å². The molecule has 18 heavy (non-hydrogen) atoms. The third kappa shape index (κ3) is 3.14. The summed E-state index contributed by atoms with van der Waals surface area (Å²) < 4.78 is 0. The number of hydrogen-bond acceptors (Lipinski definition) is 4. The van der Waals surface area contributed by atoms with E-state index in [1.807, 2.05) is 6.92 Å². The van der Waals surface area contributed by atoms with Crippen molar-refractivity contribution < 1.29 is 0 Å². The number of nitrogens with two attached hydrogens (primary N) is 1. The number of nitrogens with zero attached hydrogens (tertiary/aromatic N) is 1. The lowest BCUT2D eigenvalue weighted by Crippen LogP contribution is -2.43. The Balaban J connectivity index is 2.15. The number of aromatic amines is 1. The zero-order valence-electron chi connectivity index (χ0n) is 11.1. The van der Waals surface area contributed by atoms with E-state index in [0.717, 1.165) is 12.1 Å². The fourth-order valence-corrected chi connectivity index (χ4v) is 4.07. The topological polar surface area (TPSA) is 71.8 Å². The molecule has 0 aliphatic heterocycles. The maximum Gasteiger partial charge on any atom is 0.251 e. The molecule has 0 amide bonds. The Morgan fingerprint density at radius 2 is 2.17 bits per heavy atom. The van der Waals surface area contributed by atoms with Gasteiger partial charge < -0.3 is 10.7 Å². The summed E-state index contributed by atoms with van der Waals surface area (Å²) in [5, 5.41) is 1.04. The Bertz CT molecular complexity index is 462. The van der Waals surface area contributed by atoms with Gasteiger partial charge in [0.1, 0.15) is 0 Å². The van der Waals surface area contributed by atoms with Crippen LogP contribution in [0.15, 0.2) is 16.0 Å². The molecule has 1 fully saturated rings. The van der Waals surface area contributed by atoms with Gasteiger partial charge >= 0.3 is 0 Å². The van der Waals surface area contributed by atoms with Gasteiger partial charge in [-0.25, -0.2) is 4.98 Å². The summed E-state index contributed by atoms with van der Waals surface area (Å²) in [5.74, 6) is 1.25. The summed E-state index contributed by atoms with van der Waals surface area (Å²) in [7, 11) is 0. The SMILES string of the molecule is Cc1cc(=O)[nH]c(SC2C(C)CC(C)CC2N)n1. The maximum atomic E-state index is 11.4. The minimum atomic E-state index is -0.0876. The summed E-state index contributed by atoms with van der Waals surface area (Å²) in [6, 6.07) is 1.69. The van der Waals surface area contributed by atoms with Gasteiger partial charge in [0.2, 0.25) is 0 Å². The summed E-state index contributed by atoms with van der Waals surface area (Å²) in [5.41, 5.74) is 6.91. The third-order valence-electron chi connectivity index (χ3n) is 3.53. The lowest BCUT2D eigenvalue weighted by molar-refractivity contribution is 0.279. The molecular weight excluding hydrogens is 246 g/mol. The number of rotatable bonds is 2. The highest BCUT2D eigenvalue weighted by Crippen LogP contribution is 2.37. The predicted molar refractivity (Wildman–Crippen MR) is 74.8 cm³/mol. The quantitative estimate of drug-likeness (QED) is 0.803. The molecule has 4 nitrogen and oxygen atoms in total. The highest BCUT2D eigenvalue weighted by atomic mass is 32.2. The summed E-state index contributed by atoms with van der Waals surface area (Å²) in [4.78, 5) is 18.6. The molecule has 5 heteroatoms.